The molecule has 1 unspecified atom stereocenters. The first-order chi connectivity index (χ1) is 15.4. The fraction of sp³-hybridized carbons (Fsp3) is 0.720. The van der Waals surface area contributed by atoms with E-state index in [1.807, 2.05) is 18.4 Å². The lowest BCUT2D eigenvalue weighted by molar-refractivity contribution is -0.144. The predicted octanol–water partition coefficient (Wildman–Crippen LogP) is 2.92. The lowest BCUT2D eigenvalue weighted by Gasteiger charge is -2.27. The van der Waals surface area contributed by atoms with Gasteiger partial charge in [-0.15, -0.1) is 0 Å². The SMILES string of the molecule is CCN1CCCC1Cn1c2c(cc(C(=O)N[C@H](C(=O)OC)C(C)C)c1=O)CCCCCC2. The number of amides is 1. The van der Waals surface area contributed by atoms with E-state index in [-0.39, 0.29) is 17.0 Å². The number of aryl methyl sites for hydroxylation is 1. The van der Waals surface area contributed by atoms with Crippen molar-refractivity contribution >= 4 is 11.9 Å². The molecular weight excluding hydrogens is 406 g/mol. The average Bonchev–Trinajstić information content (AvgIpc) is 3.21. The Balaban J connectivity index is 2.00. The van der Waals surface area contributed by atoms with Crippen molar-refractivity contribution in [1.29, 1.82) is 0 Å². The highest BCUT2D eigenvalue weighted by Gasteiger charge is 2.29. The van der Waals surface area contributed by atoms with E-state index in [1.54, 1.807) is 6.07 Å². The van der Waals surface area contributed by atoms with Gasteiger partial charge >= 0.3 is 5.97 Å². The third kappa shape index (κ3) is 5.42. The van der Waals surface area contributed by atoms with Crippen LogP contribution in [0.4, 0.5) is 0 Å². The maximum atomic E-state index is 13.6. The van der Waals surface area contributed by atoms with Crippen LogP contribution in [-0.2, 0) is 28.9 Å². The van der Waals surface area contributed by atoms with Crippen LogP contribution in [0.1, 0.15) is 80.9 Å². The average molecular weight is 446 g/mol. The summed E-state index contributed by atoms with van der Waals surface area (Å²) in [4.78, 5) is 41.4. The summed E-state index contributed by atoms with van der Waals surface area (Å²) in [5.74, 6) is -1.13. The van der Waals surface area contributed by atoms with Crippen molar-refractivity contribution in [1.82, 2.24) is 14.8 Å². The molecule has 7 nitrogen and oxygen atoms in total. The molecule has 178 valence electrons. The summed E-state index contributed by atoms with van der Waals surface area (Å²) in [5.41, 5.74) is 2.11. The van der Waals surface area contributed by atoms with Gasteiger partial charge in [-0.2, -0.15) is 0 Å². The van der Waals surface area contributed by atoms with Crippen LogP contribution in [-0.4, -0.2) is 53.6 Å². The monoisotopic (exact) mass is 445 g/mol. The third-order valence-corrected chi connectivity index (χ3v) is 7.05. The molecule has 2 atom stereocenters. The van der Waals surface area contributed by atoms with Crippen molar-refractivity contribution in [2.45, 2.75) is 90.8 Å². The Labute approximate surface area is 191 Å². The highest BCUT2D eigenvalue weighted by Crippen LogP contribution is 2.23. The van der Waals surface area contributed by atoms with E-state index >= 15 is 0 Å². The molecule has 2 aliphatic rings. The molecule has 0 bridgehead atoms. The number of likely N-dealkylation sites (N-methyl/N-ethyl adjacent to an activating group) is 1. The van der Waals surface area contributed by atoms with Crippen molar-refractivity contribution in [2.75, 3.05) is 20.2 Å². The highest BCUT2D eigenvalue weighted by molar-refractivity contribution is 5.96. The van der Waals surface area contributed by atoms with Gasteiger partial charge in [0, 0.05) is 18.3 Å². The first-order valence-electron chi connectivity index (χ1n) is 12.3. The zero-order valence-corrected chi connectivity index (χ0v) is 20.1. The second-order valence-corrected chi connectivity index (χ2v) is 9.50. The van der Waals surface area contributed by atoms with E-state index in [0.29, 0.717) is 12.6 Å². The summed E-state index contributed by atoms with van der Waals surface area (Å²) in [5, 5.41) is 2.76. The van der Waals surface area contributed by atoms with Crippen LogP contribution in [0.25, 0.3) is 0 Å². The van der Waals surface area contributed by atoms with Crippen molar-refractivity contribution in [3.63, 3.8) is 0 Å². The number of nitrogens with one attached hydrogen (secondary N) is 1. The molecule has 1 aromatic rings. The molecule has 1 aliphatic carbocycles. The van der Waals surface area contributed by atoms with E-state index in [2.05, 4.69) is 17.1 Å². The molecule has 0 aromatic carbocycles. The number of carbonyl (C=O) groups excluding carboxylic acids is 2. The zero-order valence-electron chi connectivity index (χ0n) is 20.1. The Morgan fingerprint density at radius 2 is 1.88 bits per heavy atom. The number of fused-ring (bicyclic) bond motifs is 1. The summed E-state index contributed by atoms with van der Waals surface area (Å²) >= 11 is 0. The number of pyridine rings is 1. The number of hydrogen-bond donors (Lipinski definition) is 1. The third-order valence-electron chi connectivity index (χ3n) is 7.05. The molecular formula is C25H39N3O4. The quantitative estimate of drug-likeness (QED) is 0.653. The normalized spacial score (nSPS) is 20.3. The number of ether oxygens (including phenoxy) is 1. The van der Waals surface area contributed by atoms with Crippen LogP contribution in [0.2, 0.25) is 0 Å². The summed E-state index contributed by atoms with van der Waals surface area (Å²) in [6.07, 6.45) is 8.45. The Morgan fingerprint density at radius 1 is 1.16 bits per heavy atom. The number of rotatable bonds is 7. The van der Waals surface area contributed by atoms with Gasteiger partial charge < -0.3 is 14.6 Å². The van der Waals surface area contributed by atoms with Crippen molar-refractivity contribution in [3.8, 4) is 0 Å². The van der Waals surface area contributed by atoms with E-state index in [0.717, 1.165) is 62.9 Å². The lowest BCUT2D eigenvalue weighted by Crippen LogP contribution is -2.47. The maximum absolute atomic E-state index is 13.6. The summed E-state index contributed by atoms with van der Waals surface area (Å²) in [7, 11) is 1.31. The summed E-state index contributed by atoms with van der Waals surface area (Å²) in [6.45, 7) is 8.51. The van der Waals surface area contributed by atoms with Gasteiger partial charge in [-0.3, -0.25) is 14.5 Å². The van der Waals surface area contributed by atoms with Gasteiger partial charge in [0.15, 0.2) is 0 Å². The predicted molar refractivity (Wildman–Crippen MR) is 125 cm³/mol. The summed E-state index contributed by atoms with van der Waals surface area (Å²) in [6, 6.07) is 1.33. The van der Waals surface area contributed by atoms with Crippen LogP contribution in [0.5, 0.6) is 0 Å². The Bertz CT molecular complexity index is 877. The van der Waals surface area contributed by atoms with Gasteiger partial charge in [-0.1, -0.05) is 33.6 Å². The number of likely N-dealkylation sites (tertiary alicyclic amines) is 1. The molecule has 7 heteroatoms. The second kappa shape index (κ2) is 11.1. The van der Waals surface area contributed by atoms with E-state index < -0.39 is 17.9 Å². The molecule has 1 fully saturated rings. The molecule has 3 rings (SSSR count). The Morgan fingerprint density at radius 3 is 2.53 bits per heavy atom. The number of esters is 1. The van der Waals surface area contributed by atoms with Gasteiger partial charge in [0.25, 0.3) is 11.5 Å². The Hall–Kier alpha value is -2.15. The van der Waals surface area contributed by atoms with Gasteiger partial charge in [0.1, 0.15) is 11.6 Å². The van der Waals surface area contributed by atoms with Crippen LogP contribution in [0.15, 0.2) is 10.9 Å². The maximum Gasteiger partial charge on any atom is 0.328 e. The molecule has 1 N–H and O–H groups in total. The van der Waals surface area contributed by atoms with E-state index in [4.69, 9.17) is 4.74 Å². The minimum absolute atomic E-state index is 0.139. The molecule has 0 spiro atoms. The van der Waals surface area contributed by atoms with Crippen molar-refractivity contribution < 1.29 is 14.3 Å². The number of nitrogens with zero attached hydrogens (tertiary/aromatic N) is 2. The fourth-order valence-electron chi connectivity index (χ4n) is 5.16. The minimum Gasteiger partial charge on any atom is -0.467 e. The molecule has 32 heavy (non-hydrogen) atoms. The smallest absolute Gasteiger partial charge is 0.328 e. The van der Waals surface area contributed by atoms with Crippen LogP contribution < -0.4 is 10.9 Å². The first kappa shape index (κ1) is 24.5. The zero-order chi connectivity index (χ0) is 23.3. The molecule has 1 aliphatic heterocycles. The van der Waals surface area contributed by atoms with E-state index in [1.165, 1.54) is 20.0 Å². The lowest BCUT2D eigenvalue weighted by atomic mass is 9.95. The number of hydrogen-bond acceptors (Lipinski definition) is 5. The highest BCUT2D eigenvalue weighted by atomic mass is 16.5. The minimum atomic E-state index is -0.784. The standard InChI is InChI=1S/C25H39N3O4/c1-5-27-14-10-12-19(27)16-28-21-13-9-7-6-8-11-18(21)15-20(24(28)30)23(29)26-22(17(2)3)25(31)32-4/h15,17,19,22H,5-14,16H2,1-4H3,(H,26,29)/t19?,22-/m0/s1. The second-order valence-electron chi connectivity index (χ2n) is 9.50. The number of aromatic nitrogens is 1. The van der Waals surface area contributed by atoms with Crippen molar-refractivity contribution in [2.24, 2.45) is 5.92 Å². The van der Waals surface area contributed by atoms with Crippen LogP contribution >= 0.6 is 0 Å². The van der Waals surface area contributed by atoms with Gasteiger partial charge in [0.05, 0.1) is 7.11 Å². The number of methoxy groups -OCH3 is 1. The van der Waals surface area contributed by atoms with Crippen LogP contribution in [0, 0.1) is 5.92 Å². The largest absolute Gasteiger partial charge is 0.467 e. The first-order valence-corrected chi connectivity index (χ1v) is 12.3. The van der Waals surface area contributed by atoms with Gasteiger partial charge in [-0.05, 0) is 69.2 Å². The molecule has 1 aromatic heterocycles. The summed E-state index contributed by atoms with van der Waals surface area (Å²) < 4.78 is 6.74. The number of carbonyl (C=O) groups is 2. The van der Waals surface area contributed by atoms with Gasteiger partial charge in [-0.25, -0.2) is 4.79 Å². The molecule has 0 saturated carbocycles. The van der Waals surface area contributed by atoms with Crippen molar-refractivity contribution in [3.05, 3.63) is 33.2 Å². The Kier molecular flexibility index (Phi) is 8.51. The topological polar surface area (TPSA) is 80.6 Å². The molecule has 1 saturated heterocycles. The van der Waals surface area contributed by atoms with Gasteiger partial charge in [0.2, 0.25) is 0 Å². The molecule has 1 amide bonds. The molecule has 0 radical (unpaired) electrons. The van der Waals surface area contributed by atoms with E-state index in [9.17, 15) is 14.4 Å². The fourth-order valence-corrected chi connectivity index (χ4v) is 5.16. The molecule has 2 heterocycles. The van der Waals surface area contributed by atoms with Crippen LogP contribution in [0.3, 0.4) is 0 Å².